The molecule has 4 atom stereocenters. The number of nitrogens with one attached hydrogen (secondary N) is 3. The molecule has 3 N–H and O–H groups in total. The number of likely N-dealkylation sites (tertiary alicyclic amines) is 2. The molecule has 29 heteroatoms. The van der Waals surface area contributed by atoms with E-state index in [2.05, 4.69) is 45.2 Å². The molecule has 10 aromatic rings. The number of halogens is 2. The summed E-state index contributed by atoms with van der Waals surface area (Å²) in [6.07, 6.45) is 6.30. The quantitative estimate of drug-likeness (QED) is 0.0652. The van der Waals surface area contributed by atoms with E-state index in [4.69, 9.17) is 52.1 Å². The van der Waals surface area contributed by atoms with Crippen molar-refractivity contribution in [2.45, 2.75) is 58.7 Å². The van der Waals surface area contributed by atoms with E-state index >= 15 is 0 Å². The second kappa shape index (κ2) is 21.6. The number of hydrogen-bond acceptors (Lipinski definition) is 20. The fourth-order valence-corrected chi connectivity index (χ4v) is 12.8. The Morgan fingerprint density at radius 2 is 1.16 bits per heavy atom. The fourth-order valence-electron chi connectivity index (χ4n) is 10.6. The van der Waals surface area contributed by atoms with Gasteiger partial charge in [-0.2, -0.15) is 0 Å². The summed E-state index contributed by atoms with van der Waals surface area (Å²) in [6.45, 7) is 0.651. The minimum absolute atomic E-state index is 0.228. The molecule has 4 bridgehead atoms. The first kappa shape index (κ1) is 53.1. The van der Waals surface area contributed by atoms with Crippen molar-refractivity contribution in [3.63, 3.8) is 0 Å². The van der Waals surface area contributed by atoms with Gasteiger partial charge in [0.05, 0.1) is 94.7 Å². The van der Waals surface area contributed by atoms with Crippen molar-refractivity contribution in [2.24, 2.45) is 0 Å². The molecule has 83 heavy (non-hydrogen) atoms. The molecule has 4 aliphatic rings. The number of fused-ring (bicyclic) bond motifs is 8. The minimum Gasteiger partial charge on any atom is -0.495 e. The van der Waals surface area contributed by atoms with Crippen molar-refractivity contribution >= 4 is 120 Å². The molecule has 4 aliphatic heterocycles. The first-order valence-corrected chi connectivity index (χ1v) is 28.2. The number of amides is 3. The van der Waals surface area contributed by atoms with Crippen LogP contribution in [0.2, 0.25) is 10.0 Å². The van der Waals surface area contributed by atoms with Crippen LogP contribution in [0.1, 0.15) is 34.8 Å². The number of benzene rings is 4. The maximum absolute atomic E-state index is 14.1. The van der Waals surface area contributed by atoms with Crippen LogP contribution in [-0.4, -0.2) is 144 Å². The van der Waals surface area contributed by atoms with Gasteiger partial charge in [-0.05, 0) is 60.7 Å². The summed E-state index contributed by atoms with van der Waals surface area (Å²) >= 11 is 15.6. The van der Waals surface area contributed by atoms with Gasteiger partial charge in [0, 0.05) is 24.1 Å². The highest BCUT2D eigenvalue weighted by atomic mass is 35.5. The summed E-state index contributed by atoms with van der Waals surface area (Å²) in [4.78, 5) is 123. The maximum atomic E-state index is 14.1. The molecule has 3 amide bonds. The largest absolute Gasteiger partial charge is 0.495 e. The van der Waals surface area contributed by atoms with E-state index in [9.17, 15) is 28.8 Å². The Morgan fingerprint density at radius 3 is 1.67 bits per heavy atom. The zero-order chi connectivity index (χ0) is 57.2. The van der Waals surface area contributed by atoms with E-state index in [0.29, 0.717) is 115 Å². The molecule has 4 saturated heterocycles. The number of anilines is 1. The van der Waals surface area contributed by atoms with Gasteiger partial charge in [-0.25, -0.2) is 54.3 Å². The van der Waals surface area contributed by atoms with E-state index in [1.54, 1.807) is 72.8 Å². The topological polar surface area (TPSA) is 302 Å². The average Bonchev–Trinajstić information content (AvgIpc) is 4.54. The molecule has 0 spiro atoms. The van der Waals surface area contributed by atoms with Gasteiger partial charge in [0.25, 0.3) is 17.0 Å². The van der Waals surface area contributed by atoms with Gasteiger partial charge in [-0.15, -0.1) is 0 Å². The Bertz CT molecular complexity index is 4470. The van der Waals surface area contributed by atoms with Crippen LogP contribution in [0.15, 0.2) is 118 Å². The number of aromatic nitrogens is 12. The van der Waals surface area contributed by atoms with E-state index < -0.39 is 41.2 Å². The Balaban J connectivity index is 0.000000155. The van der Waals surface area contributed by atoms with Crippen LogP contribution in [0.25, 0.3) is 55.5 Å². The van der Waals surface area contributed by atoms with Crippen LogP contribution < -0.4 is 25.9 Å². The predicted octanol–water partition coefficient (Wildman–Crippen LogP) is 6.68. The zero-order valence-corrected chi connectivity index (χ0v) is 46.5. The highest BCUT2D eigenvalue weighted by Crippen LogP contribution is 2.36. The van der Waals surface area contributed by atoms with Crippen molar-refractivity contribution in [3.05, 3.63) is 146 Å². The van der Waals surface area contributed by atoms with Gasteiger partial charge in [0.2, 0.25) is 0 Å². The summed E-state index contributed by atoms with van der Waals surface area (Å²) in [5.41, 5.74) is 3.77. The van der Waals surface area contributed by atoms with Gasteiger partial charge in [-0.1, -0.05) is 58.9 Å². The number of morpholine rings is 2. The Labute approximate surface area is 485 Å². The second-order valence-corrected chi connectivity index (χ2v) is 21.9. The lowest BCUT2D eigenvalue weighted by molar-refractivity contribution is -0.150. The van der Waals surface area contributed by atoms with Crippen LogP contribution in [-0.2, 0) is 30.6 Å². The summed E-state index contributed by atoms with van der Waals surface area (Å²) in [6, 6.07) is 18.2. The number of carbonyl (C=O) groups excluding carboxylic acids is 4. The van der Waals surface area contributed by atoms with Crippen LogP contribution in [0.3, 0.4) is 0 Å². The van der Waals surface area contributed by atoms with Gasteiger partial charge >= 0.3 is 18.0 Å². The number of aromatic amines is 2. The molecule has 0 radical (unpaired) electrons. The third kappa shape index (κ3) is 9.62. The van der Waals surface area contributed by atoms with E-state index in [1.807, 2.05) is 0 Å². The van der Waals surface area contributed by atoms with E-state index in [0.717, 1.165) is 0 Å². The molecule has 6 aromatic heterocycles. The van der Waals surface area contributed by atoms with Crippen molar-refractivity contribution in [1.82, 2.24) is 68.8 Å². The fraction of sp³-hybridized carbons (Fsp3) is 0.222. The van der Waals surface area contributed by atoms with Crippen molar-refractivity contribution in [2.75, 3.05) is 32.6 Å². The molecule has 0 aliphatic carbocycles. The Kier molecular flexibility index (Phi) is 13.8. The van der Waals surface area contributed by atoms with Crippen LogP contribution in [0.5, 0.6) is 11.5 Å². The number of rotatable bonds is 12. The molecule has 10 heterocycles. The van der Waals surface area contributed by atoms with Gasteiger partial charge in [0.1, 0.15) is 81.2 Å². The molecular formula is C54H41Cl2N15O10S2. The molecule has 4 fully saturated rings. The molecule has 4 aromatic carbocycles. The highest BCUT2D eigenvalue weighted by molar-refractivity contribution is 7.98. The number of hydrogen-bond donors (Lipinski definition) is 3. The summed E-state index contributed by atoms with van der Waals surface area (Å²) in [5, 5.41) is 5.10. The van der Waals surface area contributed by atoms with Crippen molar-refractivity contribution in [3.8, 4) is 22.9 Å². The Hall–Kier alpha value is -9.18. The van der Waals surface area contributed by atoms with Crippen LogP contribution in [0.4, 0.5) is 10.5 Å². The lowest BCUT2D eigenvalue weighted by Crippen LogP contribution is -2.46. The molecule has 25 nitrogen and oxygen atoms in total. The maximum Gasteiger partial charge on any atom is 0.329 e. The van der Waals surface area contributed by atoms with Gasteiger partial charge < -0.3 is 44.0 Å². The minimum atomic E-state index is -0.610. The summed E-state index contributed by atoms with van der Waals surface area (Å²) in [5.74, 6) is 0.827. The predicted molar refractivity (Wildman–Crippen MR) is 304 cm³/mol. The highest BCUT2D eigenvalue weighted by Gasteiger charge is 2.50. The monoisotopic (exact) mass is 1190 g/mol. The van der Waals surface area contributed by atoms with Gasteiger partial charge in [0.15, 0.2) is 11.3 Å². The third-order valence-corrected chi connectivity index (χ3v) is 17.0. The normalized spacial score (nSPS) is 17.8. The summed E-state index contributed by atoms with van der Waals surface area (Å²) < 4.78 is 24.5. The van der Waals surface area contributed by atoms with E-state index in [-0.39, 0.29) is 50.4 Å². The first-order chi connectivity index (χ1) is 40.3. The lowest BCUT2D eigenvalue weighted by atomic mass is 10.1. The number of thioether (sulfide) groups is 2. The standard InChI is InChI=1S/C27H21ClN8O5S.C27H20ClN7O5S/c1-40-19-6-5-13(33-27(39)35-9-14-8-18(35)26(38)41-14)7-17(19)36-20(34-16-4-2-3-15(28)21(16)25(36)37)10-42-24-22-23(30-11-29-22)31-12-32-24;1-39-19-6-5-13(25(36)34-9-14-8-18(34)27(38)40-14)7-17(19)35-20(33-16-4-2-3-15(28)21(16)26(35)37)10-41-24-22-23(30-11-29-22)31-12-32-24/h2-7,11-12,14,18H,8-10H2,1H3,(H,33,39)(H,29,30,31,32);2-7,11-12,14,18H,8-10H2,1H3,(H,29,30,31,32)/t2*14-,18-/m01/s1. The summed E-state index contributed by atoms with van der Waals surface area (Å²) in [7, 11) is 2.97. The average molecular weight is 1200 g/mol. The molecule has 0 unspecified atom stereocenters. The number of nitrogens with zero attached hydrogens (tertiary/aromatic N) is 12. The molecule has 0 saturated carbocycles. The molecule has 418 valence electrons. The lowest BCUT2D eigenvalue weighted by Gasteiger charge is -2.26. The van der Waals surface area contributed by atoms with Crippen LogP contribution >= 0.6 is 46.7 Å². The van der Waals surface area contributed by atoms with Crippen molar-refractivity contribution < 1.29 is 38.1 Å². The van der Waals surface area contributed by atoms with Crippen molar-refractivity contribution in [1.29, 1.82) is 0 Å². The third-order valence-electron chi connectivity index (χ3n) is 14.4. The SMILES string of the molecule is COc1ccc(C(=O)N2C[C@H]3C[C@@H]2C(=O)O3)cc1-n1c(CSc2ncnc3nc[nH]c23)nc2cccc(Cl)c2c1=O.COc1ccc(NC(=O)N2C[C@@H]3C[C@H]2C(=O)O3)cc1-n1c(CSc2ncnc3nc[nH]c23)nc2cccc(Cl)c2c1=O. The number of imidazole rings is 2. The molecule has 14 rings (SSSR count). The number of carbonyl (C=O) groups is 4. The second-order valence-electron chi connectivity index (χ2n) is 19.2. The number of ether oxygens (including phenoxy) is 4. The van der Waals surface area contributed by atoms with E-state index in [1.165, 1.54) is 82.0 Å². The Morgan fingerprint density at radius 1 is 0.651 bits per heavy atom. The van der Waals surface area contributed by atoms with Crippen LogP contribution in [0, 0.1) is 0 Å². The number of methoxy groups -OCH3 is 2. The first-order valence-electron chi connectivity index (χ1n) is 25.4. The number of esters is 2. The smallest absolute Gasteiger partial charge is 0.329 e. The zero-order valence-electron chi connectivity index (χ0n) is 43.3. The number of urea groups is 1. The number of H-pyrrole nitrogens is 2. The van der Waals surface area contributed by atoms with Gasteiger partial charge in [-0.3, -0.25) is 23.5 Å². The molecular weight excluding hydrogens is 1150 g/mol.